The van der Waals surface area contributed by atoms with E-state index < -0.39 is 0 Å². The van der Waals surface area contributed by atoms with E-state index in [-0.39, 0.29) is 23.9 Å². The van der Waals surface area contributed by atoms with E-state index in [2.05, 4.69) is 198 Å². The molecule has 6 heterocycles. The van der Waals surface area contributed by atoms with Crippen LogP contribution in [-0.2, 0) is 0 Å². The SMILES string of the molecule is C1=CC2=NC(N3c4ccc(-c5ccc6c(c5)c5nc(-c7cccc8oc9ccccc9c78)nc(-c7cccc8oc9ccccc9c78)c5n6-c5ccccc5)cc4C4C=CC=CC43)=NC(c3ccccc3)C2C=C1. The van der Waals surface area contributed by atoms with Crippen molar-refractivity contribution in [2.24, 2.45) is 15.9 Å². The summed E-state index contributed by atoms with van der Waals surface area (Å²) in [6.45, 7) is 0. The van der Waals surface area contributed by atoms with Crippen molar-refractivity contribution in [3.05, 3.63) is 242 Å². The van der Waals surface area contributed by atoms with Gasteiger partial charge in [-0.2, -0.15) is 0 Å². The molecule has 0 amide bonds. The molecule has 0 fully saturated rings. The summed E-state index contributed by atoms with van der Waals surface area (Å²) in [6, 6.07) is 63.8. The van der Waals surface area contributed by atoms with Crippen molar-refractivity contribution in [2.75, 3.05) is 4.90 Å². The highest BCUT2D eigenvalue weighted by molar-refractivity contribution is 6.19. The van der Waals surface area contributed by atoms with Gasteiger partial charge in [-0.3, -0.25) is 0 Å². The Balaban J connectivity index is 0.927. The van der Waals surface area contributed by atoms with Gasteiger partial charge in [0.05, 0.1) is 34.5 Å². The van der Waals surface area contributed by atoms with Crippen LogP contribution < -0.4 is 4.90 Å². The summed E-state index contributed by atoms with van der Waals surface area (Å²) in [7, 11) is 0. The monoisotopic (exact) mass is 950 g/mol. The highest BCUT2D eigenvalue weighted by atomic mass is 16.3. The lowest BCUT2D eigenvalue weighted by atomic mass is 9.86. The van der Waals surface area contributed by atoms with E-state index in [1.54, 1.807) is 0 Å². The van der Waals surface area contributed by atoms with E-state index in [4.69, 9.17) is 28.8 Å². The lowest BCUT2D eigenvalue weighted by Gasteiger charge is -2.34. The number of aromatic nitrogens is 3. The zero-order valence-electron chi connectivity index (χ0n) is 39.7. The lowest BCUT2D eigenvalue weighted by molar-refractivity contribution is 0.632. The minimum atomic E-state index is -0.0849. The summed E-state index contributed by atoms with van der Waals surface area (Å²) in [5.41, 5.74) is 16.5. The summed E-state index contributed by atoms with van der Waals surface area (Å²) >= 11 is 0. The summed E-state index contributed by atoms with van der Waals surface area (Å²) in [5.74, 6) is 1.54. The van der Waals surface area contributed by atoms with Gasteiger partial charge in [0.1, 0.15) is 27.8 Å². The summed E-state index contributed by atoms with van der Waals surface area (Å²) in [5, 5.41) is 5.07. The van der Waals surface area contributed by atoms with Gasteiger partial charge in [-0.1, -0.05) is 164 Å². The molecule has 4 aromatic heterocycles. The van der Waals surface area contributed by atoms with Crippen LogP contribution in [0.1, 0.15) is 23.1 Å². The van der Waals surface area contributed by atoms with Crippen LogP contribution in [0.15, 0.2) is 249 Å². The third-order valence-electron chi connectivity index (χ3n) is 15.5. The number of para-hydroxylation sites is 3. The summed E-state index contributed by atoms with van der Waals surface area (Å²) < 4.78 is 15.3. The Morgan fingerprint density at radius 2 is 1.15 bits per heavy atom. The second-order valence-electron chi connectivity index (χ2n) is 19.6. The fourth-order valence-electron chi connectivity index (χ4n) is 12.2. The number of furan rings is 2. The molecule has 0 saturated carbocycles. The smallest absolute Gasteiger partial charge is 0.226 e. The standard InChI is InChI=1S/C66H42N6O2/c1-3-17-39(18-4-1)61-44-22-7-11-27-51(44)67-66(70-61)72-52-28-12-8-21-43(52)49-37-40(33-35-53(49)72)41-34-36-54-50(38-41)63-64(71(54)42-19-5-2-6-20-42)62(47-25-15-31-57-59(47)45-23-9-13-29-55(45)73-57)68-65(69-63)48-26-16-32-58-60(48)46-24-10-14-30-56(46)74-58/h1-38,43-44,52,61H. The van der Waals surface area contributed by atoms with Crippen LogP contribution in [0.3, 0.4) is 0 Å². The predicted octanol–water partition coefficient (Wildman–Crippen LogP) is 16.1. The van der Waals surface area contributed by atoms with Crippen LogP contribution in [0.25, 0.3) is 105 Å². The van der Waals surface area contributed by atoms with Gasteiger partial charge in [0.2, 0.25) is 5.96 Å². The number of hydrogen-bond acceptors (Lipinski definition) is 7. The van der Waals surface area contributed by atoms with Crippen molar-refractivity contribution in [1.29, 1.82) is 0 Å². The van der Waals surface area contributed by atoms with Gasteiger partial charge in [-0.25, -0.2) is 20.0 Å². The zero-order chi connectivity index (χ0) is 48.4. The van der Waals surface area contributed by atoms with Crippen LogP contribution in [0.5, 0.6) is 0 Å². The second kappa shape index (κ2) is 15.9. The van der Waals surface area contributed by atoms with E-state index in [9.17, 15) is 0 Å². The summed E-state index contributed by atoms with van der Waals surface area (Å²) in [4.78, 5) is 24.5. The maximum Gasteiger partial charge on any atom is 0.226 e. The predicted molar refractivity (Wildman–Crippen MR) is 300 cm³/mol. The molecule has 8 nitrogen and oxygen atoms in total. The molecular weight excluding hydrogens is 909 g/mol. The maximum absolute atomic E-state index is 6.53. The minimum Gasteiger partial charge on any atom is -0.456 e. The third-order valence-corrected chi connectivity index (χ3v) is 15.5. The van der Waals surface area contributed by atoms with E-state index in [0.29, 0.717) is 5.82 Å². The zero-order valence-corrected chi connectivity index (χ0v) is 39.7. The molecule has 348 valence electrons. The first-order valence-corrected chi connectivity index (χ1v) is 25.3. The largest absolute Gasteiger partial charge is 0.456 e. The molecule has 74 heavy (non-hydrogen) atoms. The fraction of sp³-hybridized carbons (Fsp3) is 0.0606. The van der Waals surface area contributed by atoms with Crippen molar-refractivity contribution in [2.45, 2.75) is 18.0 Å². The Hall–Kier alpha value is -9.66. The average molecular weight is 951 g/mol. The molecular formula is C66H42N6O2. The molecule has 2 aliphatic heterocycles. The van der Waals surface area contributed by atoms with Crippen molar-refractivity contribution in [3.63, 3.8) is 0 Å². The lowest BCUT2D eigenvalue weighted by Crippen LogP contribution is -2.41. The first-order valence-electron chi connectivity index (χ1n) is 25.3. The van der Waals surface area contributed by atoms with Gasteiger partial charge in [0, 0.05) is 61.3 Å². The quantitative estimate of drug-likeness (QED) is 0.172. The molecule has 0 radical (unpaired) electrons. The van der Waals surface area contributed by atoms with E-state index in [1.807, 2.05) is 42.5 Å². The Morgan fingerprint density at radius 1 is 0.500 bits per heavy atom. The number of rotatable bonds is 5. The van der Waals surface area contributed by atoms with Gasteiger partial charge < -0.3 is 18.3 Å². The topological polar surface area (TPSA) is 85.0 Å². The van der Waals surface area contributed by atoms with Gasteiger partial charge in [0.25, 0.3) is 0 Å². The number of guanidine groups is 1. The molecule has 0 bridgehead atoms. The van der Waals surface area contributed by atoms with Gasteiger partial charge >= 0.3 is 0 Å². The van der Waals surface area contributed by atoms with Crippen LogP contribution in [-0.4, -0.2) is 32.2 Å². The Kier molecular flexibility index (Phi) is 8.82. The molecule has 0 saturated heterocycles. The number of allylic oxidation sites excluding steroid dienone is 5. The summed E-state index contributed by atoms with van der Waals surface area (Å²) in [6.07, 6.45) is 17.5. The molecule has 0 spiro atoms. The van der Waals surface area contributed by atoms with Gasteiger partial charge in [-0.15, -0.1) is 0 Å². The number of benzene rings is 8. The van der Waals surface area contributed by atoms with E-state index in [0.717, 1.165) is 117 Å². The van der Waals surface area contributed by atoms with Crippen LogP contribution >= 0.6 is 0 Å². The van der Waals surface area contributed by atoms with Crippen LogP contribution in [0.4, 0.5) is 5.69 Å². The number of nitrogens with zero attached hydrogens (tertiary/aromatic N) is 6. The Labute approximate surface area is 424 Å². The average Bonchev–Trinajstić information content (AvgIpc) is 4.23. The van der Waals surface area contributed by atoms with Gasteiger partial charge in [0.15, 0.2) is 5.82 Å². The Morgan fingerprint density at radius 3 is 1.95 bits per heavy atom. The highest BCUT2D eigenvalue weighted by Crippen LogP contribution is 2.49. The Bertz CT molecular complexity index is 4530. The second-order valence-corrected chi connectivity index (χ2v) is 19.6. The highest BCUT2D eigenvalue weighted by Gasteiger charge is 2.42. The van der Waals surface area contributed by atoms with Crippen LogP contribution in [0.2, 0.25) is 0 Å². The molecule has 12 aromatic rings. The molecule has 0 N–H and O–H groups in total. The molecule has 16 rings (SSSR count). The third kappa shape index (κ3) is 6.08. The maximum atomic E-state index is 6.53. The normalized spacial score (nSPS) is 18.7. The molecule has 4 unspecified atom stereocenters. The molecule has 4 aliphatic rings. The fourth-order valence-corrected chi connectivity index (χ4v) is 12.2. The van der Waals surface area contributed by atoms with Crippen molar-refractivity contribution in [3.8, 4) is 39.5 Å². The molecule has 2 aliphatic carbocycles. The number of hydrogen-bond donors (Lipinski definition) is 0. The first kappa shape index (κ1) is 41.0. The molecule has 8 aromatic carbocycles. The molecule has 8 heteroatoms. The van der Waals surface area contributed by atoms with E-state index in [1.165, 1.54) is 11.1 Å². The minimum absolute atomic E-state index is 0.0258. The van der Waals surface area contributed by atoms with Crippen LogP contribution in [0, 0.1) is 5.92 Å². The van der Waals surface area contributed by atoms with Gasteiger partial charge in [-0.05, 0) is 89.0 Å². The van der Waals surface area contributed by atoms with E-state index >= 15 is 0 Å². The number of anilines is 1. The number of aliphatic imine (C=N–C) groups is 2. The first-order chi connectivity index (χ1) is 36.7. The van der Waals surface area contributed by atoms with Crippen molar-refractivity contribution >= 4 is 83.2 Å². The number of fused-ring (bicyclic) bond motifs is 13. The molecule has 4 atom stereocenters. The van der Waals surface area contributed by atoms with Crippen molar-refractivity contribution < 1.29 is 8.83 Å². The van der Waals surface area contributed by atoms with Crippen molar-refractivity contribution in [1.82, 2.24) is 14.5 Å².